The molecule has 3 aromatic rings. The van der Waals surface area contributed by atoms with E-state index in [1.807, 2.05) is 38.1 Å². The Morgan fingerprint density at radius 1 is 1.24 bits per heavy atom. The topological polar surface area (TPSA) is 128 Å². The molecule has 11 heteroatoms. The molecule has 176 valence electrons. The fourth-order valence-corrected chi connectivity index (χ4v) is 3.41. The summed E-state index contributed by atoms with van der Waals surface area (Å²) in [5, 5.41) is 17.9. The van der Waals surface area contributed by atoms with Gasteiger partial charge in [0, 0.05) is 18.0 Å². The number of hydrogen-bond acceptors (Lipinski definition) is 8. The smallest absolute Gasteiger partial charge is 0.313 e. The normalized spacial score (nSPS) is 10.7. The number of aromatic nitrogens is 1. The summed E-state index contributed by atoms with van der Waals surface area (Å²) in [5.74, 6) is 0.481. The molecule has 2 N–H and O–H groups in total. The number of carbonyl (C=O) groups excluding carboxylic acids is 1. The molecule has 0 saturated heterocycles. The van der Waals surface area contributed by atoms with Gasteiger partial charge in [0.05, 0.1) is 22.2 Å². The number of ether oxygens (including phenoxy) is 2. The van der Waals surface area contributed by atoms with Crippen LogP contribution in [0.15, 0.2) is 64.3 Å². The van der Waals surface area contributed by atoms with Crippen molar-refractivity contribution < 1.29 is 19.2 Å². The SMILES string of the molecule is CCOc1cc(/C=N\Nc2ncccc2[N+](=O)[O-])cc(Br)c1OCC(=O)Nc1ccc(C)cc1. The Balaban J connectivity index is 1.70. The van der Waals surface area contributed by atoms with E-state index in [4.69, 9.17) is 9.47 Å². The lowest BCUT2D eigenvalue weighted by molar-refractivity contribution is -0.384. The van der Waals surface area contributed by atoms with Crippen molar-refractivity contribution >= 4 is 45.2 Å². The van der Waals surface area contributed by atoms with Gasteiger partial charge in [0.1, 0.15) is 0 Å². The van der Waals surface area contributed by atoms with Crippen LogP contribution >= 0.6 is 15.9 Å². The Morgan fingerprint density at radius 2 is 2.00 bits per heavy atom. The lowest BCUT2D eigenvalue weighted by Crippen LogP contribution is -2.20. The number of hydrogen-bond donors (Lipinski definition) is 2. The summed E-state index contributed by atoms with van der Waals surface area (Å²) in [4.78, 5) is 26.8. The van der Waals surface area contributed by atoms with Gasteiger partial charge in [-0.25, -0.2) is 4.98 Å². The van der Waals surface area contributed by atoms with E-state index in [-0.39, 0.29) is 24.0 Å². The van der Waals surface area contributed by atoms with Crippen LogP contribution in [-0.2, 0) is 4.79 Å². The lowest BCUT2D eigenvalue weighted by atomic mass is 10.2. The van der Waals surface area contributed by atoms with Crippen LogP contribution in [0.3, 0.4) is 0 Å². The fourth-order valence-electron chi connectivity index (χ4n) is 2.84. The van der Waals surface area contributed by atoms with E-state index in [0.717, 1.165) is 5.56 Å². The first-order chi connectivity index (χ1) is 16.4. The lowest BCUT2D eigenvalue weighted by Gasteiger charge is -2.14. The van der Waals surface area contributed by atoms with Crippen molar-refractivity contribution in [2.75, 3.05) is 24.0 Å². The quantitative estimate of drug-likeness (QED) is 0.217. The molecular formula is C23H22BrN5O5. The van der Waals surface area contributed by atoms with Crippen LogP contribution in [0.2, 0.25) is 0 Å². The van der Waals surface area contributed by atoms with E-state index in [1.165, 1.54) is 24.5 Å². The van der Waals surface area contributed by atoms with Crippen LogP contribution < -0.4 is 20.2 Å². The van der Waals surface area contributed by atoms with Gasteiger partial charge in [0.2, 0.25) is 5.82 Å². The number of hydrazone groups is 1. The maximum absolute atomic E-state index is 12.3. The van der Waals surface area contributed by atoms with E-state index in [9.17, 15) is 14.9 Å². The number of rotatable bonds is 10. The standard InChI is InChI=1S/C23H22BrN5O5/c1-3-33-20-12-16(13-26-28-23-19(29(31)32)5-4-10-25-23)11-18(24)22(20)34-14-21(30)27-17-8-6-15(2)7-9-17/h4-13H,3,14H2,1-2H3,(H,25,28)(H,27,30)/b26-13-. The van der Waals surface area contributed by atoms with Gasteiger partial charge in [-0.2, -0.15) is 5.10 Å². The molecule has 0 radical (unpaired) electrons. The Morgan fingerprint density at radius 3 is 2.71 bits per heavy atom. The van der Waals surface area contributed by atoms with Gasteiger partial charge in [0.15, 0.2) is 18.1 Å². The zero-order valence-electron chi connectivity index (χ0n) is 18.4. The van der Waals surface area contributed by atoms with Crippen molar-refractivity contribution in [1.82, 2.24) is 4.98 Å². The molecule has 2 aromatic carbocycles. The van der Waals surface area contributed by atoms with Crippen molar-refractivity contribution in [3.63, 3.8) is 0 Å². The minimum absolute atomic E-state index is 0.0207. The molecule has 3 rings (SSSR count). The van der Waals surface area contributed by atoms with Gasteiger partial charge in [-0.1, -0.05) is 17.7 Å². The minimum Gasteiger partial charge on any atom is -0.490 e. The first-order valence-corrected chi connectivity index (χ1v) is 11.0. The van der Waals surface area contributed by atoms with E-state index in [2.05, 4.69) is 36.8 Å². The first kappa shape index (κ1) is 24.6. The molecule has 1 aromatic heterocycles. The highest BCUT2D eigenvalue weighted by molar-refractivity contribution is 9.10. The van der Waals surface area contributed by atoms with Gasteiger partial charge in [-0.05, 0) is 65.7 Å². The minimum atomic E-state index is -0.546. The highest BCUT2D eigenvalue weighted by Crippen LogP contribution is 2.36. The molecule has 0 aliphatic carbocycles. The highest BCUT2D eigenvalue weighted by Gasteiger charge is 2.15. The zero-order valence-corrected chi connectivity index (χ0v) is 20.0. The summed E-state index contributed by atoms with van der Waals surface area (Å²) < 4.78 is 11.9. The third-order valence-corrected chi connectivity index (χ3v) is 4.97. The Bertz CT molecular complexity index is 1200. The van der Waals surface area contributed by atoms with Crippen LogP contribution in [0, 0.1) is 17.0 Å². The molecule has 0 aliphatic heterocycles. The molecule has 34 heavy (non-hydrogen) atoms. The third-order valence-electron chi connectivity index (χ3n) is 4.38. The summed E-state index contributed by atoms with van der Waals surface area (Å²) in [5.41, 5.74) is 4.77. The van der Waals surface area contributed by atoms with Crippen LogP contribution in [0.5, 0.6) is 11.5 Å². The van der Waals surface area contributed by atoms with Gasteiger partial charge < -0.3 is 14.8 Å². The molecular weight excluding hydrogens is 506 g/mol. The maximum Gasteiger partial charge on any atom is 0.313 e. The van der Waals surface area contributed by atoms with E-state index in [1.54, 1.807) is 12.1 Å². The first-order valence-electron chi connectivity index (χ1n) is 10.2. The highest BCUT2D eigenvalue weighted by atomic mass is 79.9. The fraction of sp³-hybridized carbons (Fsp3) is 0.174. The van der Waals surface area contributed by atoms with Gasteiger partial charge in [-0.15, -0.1) is 0 Å². The zero-order chi connectivity index (χ0) is 24.5. The summed E-state index contributed by atoms with van der Waals surface area (Å²) >= 11 is 3.44. The number of anilines is 2. The van der Waals surface area contributed by atoms with Crippen molar-refractivity contribution in [3.05, 3.63) is 80.4 Å². The van der Waals surface area contributed by atoms with Crippen molar-refractivity contribution in [2.24, 2.45) is 5.10 Å². The summed E-state index contributed by atoms with van der Waals surface area (Å²) in [7, 11) is 0. The predicted octanol–water partition coefficient (Wildman–Crippen LogP) is 4.92. The van der Waals surface area contributed by atoms with Gasteiger partial charge in [-0.3, -0.25) is 20.3 Å². The van der Waals surface area contributed by atoms with Crippen molar-refractivity contribution in [1.29, 1.82) is 0 Å². The number of benzene rings is 2. The Labute approximate surface area is 204 Å². The molecule has 0 spiro atoms. The summed E-state index contributed by atoms with van der Waals surface area (Å²) in [6, 6.07) is 13.6. The average molecular weight is 528 g/mol. The van der Waals surface area contributed by atoms with Gasteiger partial charge in [0.25, 0.3) is 5.91 Å². The third kappa shape index (κ3) is 6.75. The number of carbonyl (C=O) groups is 1. The molecule has 10 nitrogen and oxygen atoms in total. The monoisotopic (exact) mass is 527 g/mol. The summed E-state index contributed by atoms with van der Waals surface area (Å²) in [6.07, 6.45) is 2.88. The number of amides is 1. The van der Waals surface area contributed by atoms with E-state index >= 15 is 0 Å². The molecule has 0 bridgehead atoms. The Hall–Kier alpha value is -3.99. The van der Waals surface area contributed by atoms with Gasteiger partial charge >= 0.3 is 5.69 Å². The number of nitrogens with zero attached hydrogens (tertiary/aromatic N) is 3. The Kier molecular flexibility index (Phi) is 8.52. The number of aryl methyl sites for hydroxylation is 1. The second-order valence-corrected chi connectivity index (χ2v) is 7.82. The van der Waals surface area contributed by atoms with Crippen LogP contribution in [0.1, 0.15) is 18.1 Å². The molecule has 1 heterocycles. The largest absolute Gasteiger partial charge is 0.490 e. The second kappa shape index (κ2) is 11.8. The maximum atomic E-state index is 12.3. The molecule has 0 unspecified atom stereocenters. The van der Waals surface area contributed by atoms with Crippen LogP contribution in [-0.4, -0.2) is 35.2 Å². The van der Waals surface area contributed by atoms with Crippen molar-refractivity contribution in [3.8, 4) is 11.5 Å². The van der Waals surface area contributed by atoms with E-state index < -0.39 is 4.92 Å². The van der Waals surface area contributed by atoms with Crippen LogP contribution in [0.25, 0.3) is 0 Å². The number of pyridine rings is 1. The molecule has 1 amide bonds. The van der Waals surface area contributed by atoms with Crippen molar-refractivity contribution in [2.45, 2.75) is 13.8 Å². The summed E-state index contributed by atoms with van der Waals surface area (Å²) in [6.45, 7) is 3.95. The molecule has 0 aliphatic rings. The van der Waals surface area contributed by atoms with Crippen LogP contribution in [0.4, 0.5) is 17.2 Å². The number of nitrogens with one attached hydrogen (secondary N) is 2. The molecule has 0 atom stereocenters. The molecule has 0 fully saturated rings. The second-order valence-electron chi connectivity index (χ2n) is 6.96. The average Bonchev–Trinajstić information content (AvgIpc) is 2.80. The number of halogens is 1. The molecule has 0 saturated carbocycles. The number of nitro groups is 1. The predicted molar refractivity (Wildman–Crippen MR) is 133 cm³/mol. The van der Waals surface area contributed by atoms with E-state index in [0.29, 0.717) is 33.8 Å².